The summed E-state index contributed by atoms with van der Waals surface area (Å²) < 4.78 is 8.51. The molecular formula is C14H23N3O4. The Hall–Kier alpha value is -1.63. The van der Waals surface area contributed by atoms with E-state index in [4.69, 9.17) is 4.74 Å². The number of rotatable bonds is 8. The zero-order chi connectivity index (χ0) is 15.4. The lowest BCUT2D eigenvalue weighted by atomic mass is 10.2. The Kier molecular flexibility index (Phi) is 5.17. The third-order valence-electron chi connectivity index (χ3n) is 3.73. The summed E-state index contributed by atoms with van der Waals surface area (Å²) in [5.74, 6) is 0. The molecule has 1 aliphatic heterocycles. The van der Waals surface area contributed by atoms with E-state index < -0.39 is 17.1 Å². The molecule has 0 saturated carbocycles. The predicted octanol–water partition coefficient (Wildman–Crippen LogP) is 0.171. The second-order valence-corrected chi connectivity index (χ2v) is 5.37. The molecule has 0 radical (unpaired) electrons. The maximum absolute atomic E-state index is 12.4. The van der Waals surface area contributed by atoms with E-state index >= 15 is 0 Å². The summed E-state index contributed by atoms with van der Waals surface area (Å²) in [6.07, 6.45) is 3.83. The minimum absolute atomic E-state index is 0.0771. The van der Waals surface area contributed by atoms with Crippen LogP contribution in [0, 0.1) is 0 Å². The van der Waals surface area contributed by atoms with E-state index in [0.717, 1.165) is 34.8 Å². The summed E-state index contributed by atoms with van der Waals surface area (Å²) in [4.78, 5) is 36.8. The quantitative estimate of drug-likeness (QED) is 0.506. The van der Waals surface area contributed by atoms with Crippen LogP contribution in [0.25, 0.3) is 0 Å². The second kappa shape index (κ2) is 6.89. The van der Waals surface area contributed by atoms with Gasteiger partial charge in [-0.3, -0.25) is 0 Å². The van der Waals surface area contributed by atoms with Crippen molar-refractivity contribution in [1.82, 2.24) is 13.7 Å². The predicted molar refractivity (Wildman–Crippen MR) is 78.8 cm³/mol. The summed E-state index contributed by atoms with van der Waals surface area (Å²) in [6.45, 7) is 5.25. The molecule has 0 aliphatic carbocycles. The topological polar surface area (TPSA) is 78.5 Å². The van der Waals surface area contributed by atoms with Crippen molar-refractivity contribution in [1.29, 1.82) is 0 Å². The number of ether oxygens (including phenoxy) is 1. The maximum atomic E-state index is 12.4. The van der Waals surface area contributed by atoms with Crippen LogP contribution >= 0.6 is 0 Å². The lowest BCUT2D eigenvalue weighted by Crippen LogP contribution is -2.54. The van der Waals surface area contributed by atoms with Gasteiger partial charge in [0.05, 0.1) is 19.3 Å². The van der Waals surface area contributed by atoms with Gasteiger partial charge in [-0.1, -0.05) is 26.2 Å². The van der Waals surface area contributed by atoms with E-state index in [9.17, 15) is 14.4 Å². The number of epoxide rings is 1. The highest BCUT2D eigenvalue weighted by molar-refractivity contribution is 4.82. The normalized spacial score (nSPS) is 17.1. The van der Waals surface area contributed by atoms with Crippen LogP contribution in [0.4, 0.5) is 0 Å². The summed E-state index contributed by atoms with van der Waals surface area (Å²) in [6, 6.07) is 0. The van der Waals surface area contributed by atoms with Crippen LogP contribution in [0.5, 0.6) is 0 Å². The highest BCUT2D eigenvalue weighted by atomic mass is 16.6. The van der Waals surface area contributed by atoms with Crippen LogP contribution in [0.3, 0.4) is 0 Å². The van der Waals surface area contributed by atoms with Crippen LogP contribution < -0.4 is 17.1 Å². The van der Waals surface area contributed by atoms with Crippen molar-refractivity contribution in [3.63, 3.8) is 0 Å². The van der Waals surface area contributed by atoms with Gasteiger partial charge in [0, 0.05) is 13.1 Å². The first-order valence-corrected chi connectivity index (χ1v) is 7.66. The van der Waals surface area contributed by atoms with Crippen molar-refractivity contribution < 1.29 is 4.74 Å². The van der Waals surface area contributed by atoms with Crippen LogP contribution in [-0.4, -0.2) is 26.4 Å². The summed E-state index contributed by atoms with van der Waals surface area (Å²) in [5, 5.41) is 0. The van der Waals surface area contributed by atoms with E-state index in [-0.39, 0.29) is 19.2 Å². The van der Waals surface area contributed by atoms with Gasteiger partial charge >= 0.3 is 17.1 Å². The molecule has 2 rings (SSSR count). The van der Waals surface area contributed by atoms with Gasteiger partial charge in [-0.2, -0.15) is 0 Å². The van der Waals surface area contributed by atoms with E-state index in [2.05, 4.69) is 6.92 Å². The van der Waals surface area contributed by atoms with Crippen LogP contribution in [0.15, 0.2) is 14.4 Å². The number of hydrogen-bond donors (Lipinski definition) is 0. The molecule has 1 aromatic rings. The standard InChI is InChI=1S/C14H23N3O4/c1-3-5-6-7-8-16-12(18)15(4-2)13(19)17(14(16)20)9-11-10-21-11/h11H,3-10H2,1-2H3. The summed E-state index contributed by atoms with van der Waals surface area (Å²) in [5.41, 5.74) is -1.55. The first kappa shape index (κ1) is 15.8. The maximum Gasteiger partial charge on any atom is 0.336 e. The van der Waals surface area contributed by atoms with E-state index in [1.807, 2.05) is 0 Å². The third-order valence-corrected chi connectivity index (χ3v) is 3.73. The Morgan fingerprint density at radius 2 is 1.57 bits per heavy atom. The fourth-order valence-electron chi connectivity index (χ4n) is 2.37. The van der Waals surface area contributed by atoms with Crippen molar-refractivity contribution in [2.75, 3.05) is 6.61 Å². The fraction of sp³-hybridized carbons (Fsp3) is 0.786. The number of hydrogen-bond acceptors (Lipinski definition) is 4. The monoisotopic (exact) mass is 297 g/mol. The molecule has 1 fully saturated rings. The Morgan fingerprint density at radius 3 is 2.14 bits per heavy atom. The molecule has 2 heterocycles. The third kappa shape index (κ3) is 3.53. The Bertz CT molecular complexity index is 652. The molecule has 0 aromatic carbocycles. The molecule has 0 spiro atoms. The summed E-state index contributed by atoms with van der Waals surface area (Å²) >= 11 is 0. The molecular weight excluding hydrogens is 274 g/mol. The Balaban J connectivity index is 2.35. The first-order valence-electron chi connectivity index (χ1n) is 7.66. The van der Waals surface area contributed by atoms with Gasteiger partial charge in [-0.05, 0) is 13.3 Å². The molecule has 7 heteroatoms. The van der Waals surface area contributed by atoms with Crippen LogP contribution in [0.1, 0.15) is 39.5 Å². The molecule has 118 valence electrons. The highest BCUT2D eigenvalue weighted by Crippen LogP contribution is 2.09. The van der Waals surface area contributed by atoms with Gasteiger partial charge in [-0.15, -0.1) is 0 Å². The van der Waals surface area contributed by atoms with Crippen molar-refractivity contribution in [2.45, 2.75) is 65.3 Å². The van der Waals surface area contributed by atoms with Gasteiger partial charge in [0.25, 0.3) is 0 Å². The smallest absolute Gasteiger partial charge is 0.336 e. The summed E-state index contributed by atoms with van der Waals surface area (Å²) in [7, 11) is 0. The fourth-order valence-corrected chi connectivity index (χ4v) is 2.37. The lowest BCUT2D eigenvalue weighted by molar-refractivity contribution is 0.357. The van der Waals surface area contributed by atoms with E-state index in [0.29, 0.717) is 13.2 Å². The van der Waals surface area contributed by atoms with Gasteiger partial charge in [-0.25, -0.2) is 28.1 Å². The lowest BCUT2D eigenvalue weighted by Gasteiger charge is -2.12. The minimum atomic E-state index is -0.534. The largest absolute Gasteiger partial charge is 0.371 e. The zero-order valence-electron chi connectivity index (χ0n) is 12.7. The zero-order valence-corrected chi connectivity index (χ0v) is 12.7. The number of aromatic nitrogens is 3. The minimum Gasteiger partial charge on any atom is -0.371 e. The molecule has 1 aliphatic rings. The molecule has 1 aromatic heterocycles. The molecule has 0 bridgehead atoms. The van der Waals surface area contributed by atoms with E-state index in [1.54, 1.807) is 6.92 Å². The van der Waals surface area contributed by atoms with Crippen molar-refractivity contribution >= 4 is 0 Å². The van der Waals surface area contributed by atoms with Crippen molar-refractivity contribution in [2.24, 2.45) is 0 Å². The van der Waals surface area contributed by atoms with Gasteiger partial charge in [0.1, 0.15) is 0 Å². The molecule has 1 saturated heterocycles. The number of unbranched alkanes of at least 4 members (excludes halogenated alkanes) is 3. The van der Waals surface area contributed by atoms with Crippen molar-refractivity contribution in [3.8, 4) is 0 Å². The Labute approximate surface area is 122 Å². The van der Waals surface area contributed by atoms with Gasteiger partial charge in [0.2, 0.25) is 0 Å². The molecule has 21 heavy (non-hydrogen) atoms. The molecule has 0 amide bonds. The van der Waals surface area contributed by atoms with Gasteiger partial charge < -0.3 is 4.74 Å². The molecule has 1 atom stereocenters. The first-order chi connectivity index (χ1) is 10.1. The highest BCUT2D eigenvalue weighted by Gasteiger charge is 2.26. The van der Waals surface area contributed by atoms with Crippen molar-refractivity contribution in [3.05, 3.63) is 31.5 Å². The van der Waals surface area contributed by atoms with Crippen LogP contribution in [-0.2, 0) is 24.4 Å². The molecule has 0 N–H and O–H groups in total. The average Bonchev–Trinajstić information content (AvgIpc) is 3.27. The van der Waals surface area contributed by atoms with E-state index in [1.165, 1.54) is 4.57 Å². The molecule has 7 nitrogen and oxygen atoms in total. The molecule has 1 unspecified atom stereocenters. The number of nitrogens with zero attached hydrogens (tertiary/aromatic N) is 3. The Morgan fingerprint density at radius 1 is 0.952 bits per heavy atom. The average molecular weight is 297 g/mol. The van der Waals surface area contributed by atoms with Crippen LogP contribution in [0.2, 0.25) is 0 Å². The second-order valence-electron chi connectivity index (χ2n) is 5.37. The SMILES string of the molecule is CCCCCCn1c(=O)n(CC)c(=O)n(CC2CO2)c1=O. The van der Waals surface area contributed by atoms with Gasteiger partial charge in [0.15, 0.2) is 0 Å².